The van der Waals surface area contributed by atoms with Gasteiger partial charge in [-0.15, -0.1) is 0 Å². The van der Waals surface area contributed by atoms with Gasteiger partial charge in [0.2, 0.25) is 5.91 Å². The van der Waals surface area contributed by atoms with E-state index in [2.05, 4.69) is 5.32 Å². The van der Waals surface area contributed by atoms with E-state index in [9.17, 15) is 13.2 Å². The average molecular weight is 465 g/mol. The molecule has 0 unspecified atom stereocenters. The van der Waals surface area contributed by atoms with Crippen molar-refractivity contribution in [2.75, 3.05) is 23.3 Å². The second kappa shape index (κ2) is 9.38. The zero-order valence-corrected chi connectivity index (χ0v) is 18.2. The van der Waals surface area contributed by atoms with Crippen LogP contribution >= 0.6 is 23.2 Å². The number of hydrogen-bond acceptors (Lipinski definition) is 4. The maximum atomic E-state index is 13.3. The second-order valence-corrected chi connectivity index (χ2v) is 8.97. The van der Waals surface area contributed by atoms with Crippen LogP contribution in [0.5, 0.6) is 5.75 Å². The summed E-state index contributed by atoms with van der Waals surface area (Å²) in [4.78, 5) is 12.8. The van der Waals surface area contributed by atoms with E-state index in [-0.39, 0.29) is 10.6 Å². The Morgan fingerprint density at radius 1 is 0.967 bits per heavy atom. The molecule has 0 aliphatic heterocycles. The molecule has 0 fully saturated rings. The van der Waals surface area contributed by atoms with Crippen LogP contribution in [0.4, 0.5) is 11.4 Å². The number of rotatable bonds is 7. The van der Waals surface area contributed by atoms with E-state index >= 15 is 0 Å². The summed E-state index contributed by atoms with van der Waals surface area (Å²) in [6, 6.07) is 18.9. The third kappa shape index (κ3) is 5.24. The van der Waals surface area contributed by atoms with Crippen molar-refractivity contribution in [1.29, 1.82) is 0 Å². The minimum atomic E-state index is -4.02. The van der Waals surface area contributed by atoms with Crippen molar-refractivity contribution in [1.82, 2.24) is 0 Å². The molecule has 30 heavy (non-hydrogen) atoms. The quantitative estimate of drug-likeness (QED) is 0.542. The van der Waals surface area contributed by atoms with E-state index in [0.29, 0.717) is 21.5 Å². The van der Waals surface area contributed by atoms with Crippen molar-refractivity contribution in [3.05, 3.63) is 82.8 Å². The Morgan fingerprint density at radius 3 is 2.27 bits per heavy atom. The molecule has 3 rings (SSSR count). The molecule has 0 atom stereocenters. The lowest BCUT2D eigenvalue weighted by atomic mass is 10.3. The third-order valence-electron chi connectivity index (χ3n) is 4.11. The van der Waals surface area contributed by atoms with Gasteiger partial charge in [-0.1, -0.05) is 47.5 Å². The number of amides is 1. The Hall–Kier alpha value is -2.74. The van der Waals surface area contributed by atoms with Crippen LogP contribution in [0, 0.1) is 0 Å². The SMILES string of the molecule is COc1cccc(N(CC(=O)Nc2cc(Cl)cc(Cl)c2)S(=O)(=O)c2ccccc2)c1. The lowest BCUT2D eigenvalue weighted by Gasteiger charge is -2.24. The molecule has 3 aromatic carbocycles. The zero-order valence-electron chi connectivity index (χ0n) is 15.9. The summed E-state index contributed by atoms with van der Waals surface area (Å²) >= 11 is 11.9. The summed E-state index contributed by atoms with van der Waals surface area (Å²) in [5.74, 6) is -0.0987. The molecule has 0 aliphatic rings. The van der Waals surface area contributed by atoms with Crippen molar-refractivity contribution in [2.45, 2.75) is 4.90 Å². The van der Waals surface area contributed by atoms with Gasteiger partial charge in [-0.25, -0.2) is 8.42 Å². The number of carbonyl (C=O) groups excluding carboxylic acids is 1. The zero-order chi connectivity index (χ0) is 21.7. The topological polar surface area (TPSA) is 75.7 Å². The van der Waals surface area contributed by atoms with Crippen molar-refractivity contribution in [3.63, 3.8) is 0 Å². The highest BCUT2D eigenvalue weighted by molar-refractivity contribution is 7.92. The molecule has 0 radical (unpaired) electrons. The molecule has 0 heterocycles. The van der Waals surface area contributed by atoms with Crippen LogP contribution in [0.15, 0.2) is 77.7 Å². The smallest absolute Gasteiger partial charge is 0.264 e. The standard InChI is InChI=1S/C21H18Cl2N2O4S/c1-29-19-7-5-6-18(13-19)25(30(27,28)20-8-3-2-4-9-20)14-21(26)24-17-11-15(22)10-16(23)12-17/h2-13H,14H2,1H3,(H,24,26). The second-order valence-electron chi connectivity index (χ2n) is 6.23. The highest BCUT2D eigenvalue weighted by atomic mass is 35.5. The number of nitrogens with one attached hydrogen (secondary N) is 1. The van der Waals surface area contributed by atoms with Crippen LogP contribution in [0.2, 0.25) is 10.0 Å². The Kier molecular flexibility index (Phi) is 6.87. The largest absolute Gasteiger partial charge is 0.497 e. The average Bonchev–Trinajstić information content (AvgIpc) is 2.72. The molecular weight excluding hydrogens is 447 g/mol. The molecule has 1 amide bonds. The van der Waals surface area contributed by atoms with E-state index in [1.165, 1.54) is 37.4 Å². The van der Waals surface area contributed by atoms with Crippen LogP contribution in [0.1, 0.15) is 0 Å². The minimum absolute atomic E-state index is 0.0615. The fourth-order valence-corrected chi connectivity index (χ4v) is 4.72. The number of benzene rings is 3. The highest BCUT2D eigenvalue weighted by Gasteiger charge is 2.27. The predicted molar refractivity (Wildman–Crippen MR) is 119 cm³/mol. The fourth-order valence-electron chi connectivity index (χ4n) is 2.76. The van der Waals surface area contributed by atoms with Crippen LogP contribution in [-0.2, 0) is 14.8 Å². The fraction of sp³-hybridized carbons (Fsp3) is 0.0952. The summed E-state index contributed by atoms with van der Waals surface area (Å²) < 4.78 is 32.8. The van der Waals surface area contributed by atoms with Gasteiger partial charge in [-0.2, -0.15) is 0 Å². The van der Waals surface area contributed by atoms with Gasteiger partial charge in [0.05, 0.1) is 17.7 Å². The van der Waals surface area contributed by atoms with E-state index in [4.69, 9.17) is 27.9 Å². The van der Waals surface area contributed by atoms with Crippen LogP contribution < -0.4 is 14.4 Å². The molecule has 0 bridgehead atoms. The lowest BCUT2D eigenvalue weighted by molar-refractivity contribution is -0.114. The Morgan fingerprint density at radius 2 is 1.63 bits per heavy atom. The van der Waals surface area contributed by atoms with E-state index in [1.807, 2.05) is 0 Å². The highest BCUT2D eigenvalue weighted by Crippen LogP contribution is 2.27. The number of halogens is 2. The number of nitrogens with zero attached hydrogens (tertiary/aromatic N) is 1. The van der Waals surface area contributed by atoms with Crippen molar-refractivity contribution in [3.8, 4) is 5.75 Å². The maximum absolute atomic E-state index is 13.3. The molecule has 156 valence electrons. The minimum Gasteiger partial charge on any atom is -0.497 e. The number of sulfonamides is 1. The first kappa shape index (κ1) is 22.0. The van der Waals surface area contributed by atoms with Crippen LogP contribution in [0.25, 0.3) is 0 Å². The van der Waals surface area contributed by atoms with E-state index in [1.54, 1.807) is 42.5 Å². The van der Waals surface area contributed by atoms with Gasteiger partial charge in [-0.05, 0) is 42.5 Å². The molecule has 0 aliphatic carbocycles. The summed E-state index contributed by atoms with van der Waals surface area (Å²) in [5.41, 5.74) is 0.651. The third-order valence-corrected chi connectivity index (χ3v) is 6.33. The first-order valence-corrected chi connectivity index (χ1v) is 11.0. The van der Waals surface area contributed by atoms with Crippen molar-refractivity contribution in [2.24, 2.45) is 0 Å². The first-order chi connectivity index (χ1) is 14.3. The van der Waals surface area contributed by atoms with Crippen LogP contribution in [-0.4, -0.2) is 28.0 Å². The van der Waals surface area contributed by atoms with Gasteiger partial charge in [0.25, 0.3) is 10.0 Å². The number of methoxy groups -OCH3 is 1. The predicted octanol–water partition coefficient (Wildman–Crippen LogP) is 4.84. The van der Waals surface area contributed by atoms with Gasteiger partial charge in [-0.3, -0.25) is 9.10 Å². The van der Waals surface area contributed by atoms with Crippen molar-refractivity contribution < 1.29 is 17.9 Å². The molecule has 0 aromatic heterocycles. The summed E-state index contributed by atoms with van der Waals surface area (Å²) in [6.07, 6.45) is 0. The van der Waals surface area contributed by atoms with Gasteiger partial charge in [0.1, 0.15) is 12.3 Å². The Labute approximate surface area is 185 Å². The molecular formula is C21H18Cl2N2O4S. The van der Waals surface area contributed by atoms with Gasteiger partial charge in [0, 0.05) is 21.8 Å². The Bertz CT molecular complexity index is 1130. The Balaban J connectivity index is 1.96. The molecule has 9 heteroatoms. The van der Waals surface area contributed by atoms with Crippen LogP contribution in [0.3, 0.4) is 0 Å². The molecule has 3 aromatic rings. The lowest BCUT2D eigenvalue weighted by Crippen LogP contribution is -2.38. The molecule has 0 saturated heterocycles. The molecule has 0 spiro atoms. The summed E-state index contributed by atoms with van der Waals surface area (Å²) in [6.45, 7) is -0.464. The number of hydrogen-bond donors (Lipinski definition) is 1. The van der Waals surface area contributed by atoms with Gasteiger partial charge < -0.3 is 10.1 Å². The normalized spacial score (nSPS) is 11.0. The van der Waals surface area contributed by atoms with Crippen molar-refractivity contribution >= 4 is 50.5 Å². The summed E-state index contributed by atoms with van der Waals surface area (Å²) in [5, 5.41) is 3.32. The molecule has 1 N–H and O–H groups in total. The number of anilines is 2. The first-order valence-electron chi connectivity index (χ1n) is 8.77. The number of ether oxygens (including phenoxy) is 1. The van der Waals surface area contributed by atoms with Gasteiger partial charge in [0.15, 0.2) is 0 Å². The summed E-state index contributed by atoms with van der Waals surface area (Å²) in [7, 11) is -2.54. The number of carbonyl (C=O) groups is 1. The maximum Gasteiger partial charge on any atom is 0.264 e. The molecule has 6 nitrogen and oxygen atoms in total. The van der Waals surface area contributed by atoms with E-state index in [0.717, 1.165) is 4.31 Å². The molecule has 0 saturated carbocycles. The van der Waals surface area contributed by atoms with Gasteiger partial charge >= 0.3 is 0 Å². The monoisotopic (exact) mass is 464 g/mol. The van der Waals surface area contributed by atoms with E-state index < -0.39 is 22.5 Å².